The van der Waals surface area contributed by atoms with Crippen molar-refractivity contribution in [3.8, 4) is 11.4 Å². The topological polar surface area (TPSA) is 74.2 Å². The molecule has 1 aliphatic heterocycles. The number of likely N-dealkylation sites (N-methyl/N-ethyl adjacent to an activating group) is 1. The molecule has 7 nitrogen and oxygen atoms in total. The lowest BCUT2D eigenvalue weighted by molar-refractivity contribution is -0.132. The summed E-state index contributed by atoms with van der Waals surface area (Å²) in [6, 6.07) is 13.7. The lowest BCUT2D eigenvalue weighted by Gasteiger charge is -2.34. The average molecular weight is 417 g/mol. The molecule has 4 rings (SSSR count). The predicted molar refractivity (Wildman–Crippen MR) is 122 cm³/mol. The van der Waals surface area contributed by atoms with Gasteiger partial charge in [-0.1, -0.05) is 19.1 Å². The number of nitrogens with one attached hydrogen (secondary N) is 1. The van der Waals surface area contributed by atoms with E-state index in [9.17, 15) is 4.79 Å². The first-order valence-electron chi connectivity index (χ1n) is 10.7. The van der Waals surface area contributed by atoms with Crippen molar-refractivity contribution in [3.05, 3.63) is 66.1 Å². The van der Waals surface area contributed by atoms with E-state index in [2.05, 4.69) is 32.1 Å². The van der Waals surface area contributed by atoms with Crippen molar-refractivity contribution in [2.75, 3.05) is 38.0 Å². The van der Waals surface area contributed by atoms with Crippen molar-refractivity contribution in [1.82, 2.24) is 24.8 Å². The van der Waals surface area contributed by atoms with Gasteiger partial charge >= 0.3 is 0 Å². The van der Waals surface area contributed by atoms with E-state index >= 15 is 0 Å². The fourth-order valence-electron chi connectivity index (χ4n) is 3.72. The monoisotopic (exact) mass is 416 g/mol. The molecule has 31 heavy (non-hydrogen) atoms. The molecule has 0 unspecified atom stereocenters. The second-order valence-electron chi connectivity index (χ2n) is 7.77. The molecule has 3 aromatic rings. The molecule has 1 saturated heterocycles. The van der Waals surface area contributed by atoms with E-state index < -0.39 is 0 Å². The van der Waals surface area contributed by atoms with E-state index in [1.165, 1.54) is 0 Å². The zero-order valence-corrected chi connectivity index (χ0v) is 18.1. The van der Waals surface area contributed by atoms with Crippen LogP contribution in [0.4, 0.5) is 11.5 Å². The summed E-state index contributed by atoms with van der Waals surface area (Å²) in [6.45, 7) is 8.73. The number of anilines is 2. The molecule has 0 bridgehead atoms. The van der Waals surface area contributed by atoms with Crippen LogP contribution in [0.3, 0.4) is 0 Å². The van der Waals surface area contributed by atoms with Gasteiger partial charge in [-0.05, 0) is 43.3 Å². The van der Waals surface area contributed by atoms with Gasteiger partial charge in [0.2, 0.25) is 5.91 Å². The van der Waals surface area contributed by atoms with Gasteiger partial charge in [0.05, 0.1) is 6.42 Å². The second-order valence-corrected chi connectivity index (χ2v) is 7.77. The minimum absolute atomic E-state index is 0.199. The highest BCUT2D eigenvalue weighted by Crippen LogP contribution is 2.21. The van der Waals surface area contributed by atoms with Crippen LogP contribution in [0.1, 0.15) is 18.2 Å². The molecule has 160 valence electrons. The van der Waals surface area contributed by atoms with Gasteiger partial charge < -0.3 is 15.1 Å². The average Bonchev–Trinajstić information content (AvgIpc) is 2.80. The molecule has 0 aliphatic carbocycles. The SMILES string of the molecule is CCN1CCN(C(=O)Cc2ccc(Nc3cc(C)nc(-c4ccncc4)n3)cc2)CC1. The fraction of sp³-hybridized carbons (Fsp3) is 0.333. The van der Waals surface area contributed by atoms with Crippen LogP contribution in [0, 0.1) is 6.92 Å². The Morgan fingerprint density at radius 2 is 1.71 bits per heavy atom. The molecule has 2 aromatic heterocycles. The summed E-state index contributed by atoms with van der Waals surface area (Å²) in [5.74, 6) is 1.59. The maximum atomic E-state index is 12.6. The lowest BCUT2D eigenvalue weighted by atomic mass is 10.1. The molecule has 1 N–H and O–H groups in total. The van der Waals surface area contributed by atoms with E-state index in [0.717, 1.165) is 61.0 Å². The van der Waals surface area contributed by atoms with E-state index in [-0.39, 0.29) is 5.91 Å². The highest BCUT2D eigenvalue weighted by molar-refractivity contribution is 5.79. The first kappa shape index (κ1) is 20.9. The third kappa shape index (κ3) is 5.44. The van der Waals surface area contributed by atoms with Crippen LogP contribution < -0.4 is 5.32 Å². The van der Waals surface area contributed by atoms with Crippen LogP contribution in [-0.2, 0) is 11.2 Å². The summed E-state index contributed by atoms with van der Waals surface area (Å²) >= 11 is 0. The molecule has 1 amide bonds. The van der Waals surface area contributed by atoms with Gasteiger partial charge in [-0.2, -0.15) is 0 Å². The van der Waals surface area contributed by atoms with Crippen molar-refractivity contribution in [2.24, 2.45) is 0 Å². The van der Waals surface area contributed by atoms with Crippen LogP contribution in [0.25, 0.3) is 11.4 Å². The van der Waals surface area contributed by atoms with Gasteiger partial charge in [0, 0.05) is 61.6 Å². The van der Waals surface area contributed by atoms with E-state index in [4.69, 9.17) is 0 Å². The van der Waals surface area contributed by atoms with Crippen molar-refractivity contribution in [3.63, 3.8) is 0 Å². The molecule has 0 atom stereocenters. The molecule has 0 radical (unpaired) electrons. The number of rotatable bonds is 6. The number of carbonyl (C=O) groups excluding carboxylic acids is 1. The maximum Gasteiger partial charge on any atom is 0.227 e. The molecular weight excluding hydrogens is 388 g/mol. The minimum atomic E-state index is 0.199. The standard InChI is InChI=1S/C24H28N6O/c1-3-29-12-14-30(15-13-29)23(31)17-19-4-6-21(7-5-19)27-22-16-18(2)26-24(28-22)20-8-10-25-11-9-20/h4-11,16H,3,12-15,17H2,1-2H3,(H,26,27,28). The lowest BCUT2D eigenvalue weighted by Crippen LogP contribution is -2.48. The number of pyridine rings is 1. The molecule has 1 aliphatic rings. The Kier molecular flexibility index (Phi) is 6.52. The number of amides is 1. The van der Waals surface area contributed by atoms with Crippen molar-refractivity contribution in [2.45, 2.75) is 20.3 Å². The smallest absolute Gasteiger partial charge is 0.227 e. The molecule has 7 heteroatoms. The van der Waals surface area contributed by atoms with Crippen molar-refractivity contribution in [1.29, 1.82) is 0 Å². The molecule has 1 aromatic carbocycles. The molecule has 0 spiro atoms. The van der Waals surface area contributed by atoms with Crippen LogP contribution >= 0.6 is 0 Å². The molecular formula is C24H28N6O. The Bertz CT molecular complexity index is 1010. The summed E-state index contributed by atoms with van der Waals surface area (Å²) < 4.78 is 0. The number of aryl methyl sites for hydroxylation is 1. The van der Waals surface area contributed by atoms with E-state index in [1.807, 2.05) is 54.3 Å². The summed E-state index contributed by atoms with van der Waals surface area (Å²) in [7, 11) is 0. The number of nitrogens with zero attached hydrogens (tertiary/aromatic N) is 5. The molecule has 3 heterocycles. The van der Waals surface area contributed by atoms with Crippen molar-refractivity contribution >= 4 is 17.4 Å². The Labute approximate surface area is 183 Å². The van der Waals surface area contributed by atoms with Crippen molar-refractivity contribution < 1.29 is 4.79 Å². The first-order valence-corrected chi connectivity index (χ1v) is 10.7. The fourth-order valence-corrected chi connectivity index (χ4v) is 3.72. The Balaban J connectivity index is 1.39. The Hall–Kier alpha value is -3.32. The predicted octanol–water partition coefficient (Wildman–Crippen LogP) is 3.30. The third-order valence-corrected chi connectivity index (χ3v) is 5.55. The molecule has 1 fully saturated rings. The van der Waals surface area contributed by atoms with Gasteiger partial charge in [-0.3, -0.25) is 9.78 Å². The summed E-state index contributed by atoms with van der Waals surface area (Å²) in [5.41, 5.74) is 3.75. The zero-order chi connectivity index (χ0) is 21.6. The number of carbonyl (C=O) groups is 1. The van der Waals surface area contributed by atoms with Crippen LogP contribution in [-0.4, -0.2) is 63.4 Å². The van der Waals surface area contributed by atoms with E-state index in [0.29, 0.717) is 12.2 Å². The van der Waals surface area contributed by atoms with Gasteiger partial charge in [-0.15, -0.1) is 0 Å². The normalized spacial score (nSPS) is 14.5. The highest BCUT2D eigenvalue weighted by Gasteiger charge is 2.20. The van der Waals surface area contributed by atoms with Crippen LogP contribution in [0.15, 0.2) is 54.9 Å². The number of benzene rings is 1. The van der Waals surface area contributed by atoms with Crippen LogP contribution in [0.2, 0.25) is 0 Å². The first-order chi connectivity index (χ1) is 15.1. The minimum Gasteiger partial charge on any atom is -0.340 e. The van der Waals surface area contributed by atoms with Gasteiger partial charge in [0.1, 0.15) is 5.82 Å². The van der Waals surface area contributed by atoms with Gasteiger partial charge in [0.15, 0.2) is 5.82 Å². The zero-order valence-electron chi connectivity index (χ0n) is 18.1. The third-order valence-electron chi connectivity index (χ3n) is 5.55. The summed E-state index contributed by atoms with van der Waals surface area (Å²) in [6.07, 6.45) is 3.90. The van der Waals surface area contributed by atoms with E-state index in [1.54, 1.807) is 12.4 Å². The Morgan fingerprint density at radius 3 is 2.39 bits per heavy atom. The second kappa shape index (κ2) is 9.66. The van der Waals surface area contributed by atoms with Crippen LogP contribution in [0.5, 0.6) is 0 Å². The molecule has 0 saturated carbocycles. The highest BCUT2D eigenvalue weighted by atomic mass is 16.2. The van der Waals surface area contributed by atoms with Gasteiger partial charge in [-0.25, -0.2) is 9.97 Å². The summed E-state index contributed by atoms with van der Waals surface area (Å²) in [4.78, 5) is 30.2. The summed E-state index contributed by atoms with van der Waals surface area (Å²) in [5, 5.41) is 3.34. The quantitative estimate of drug-likeness (QED) is 0.665. The largest absolute Gasteiger partial charge is 0.340 e. The number of hydrogen-bond acceptors (Lipinski definition) is 6. The number of aromatic nitrogens is 3. The number of hydrogen-bond donors (Lipinski definition) is 1. The number of piperazine rings is 1. The maximum absolute atomic E-state index is 12.6. The van der Waals surface area contributed by atoms with Gasteiger partial charge in [0.25, 0.3) is 0 Å². The Morgan fingerprint density at radius 1 is 1.00 bits per heavy atom.